The number of esters is 1. The number of hydrogen-bond acceptors (Lipinski definition) is 2. The Morgan fingerprint density at radius 3 is 1.06 bits per heavy atom. The largest absolute Gasteiger partial charge is 0.452 e. The molecule has 0 heterocycles. The summed E-state index contributed by atoms with van der Waals surface area (Å²) in [6.45, 7) is 0. The van der Waals surface area contributed by atoms with Crippen LogP contribution in [-0.4, -0.2) is 5.97 Å². The molecular weight excluding hydrogens is 498 g/mol. The number of rotatable bonds is 6. The molecule has 0 aliphatic rings. The lowest BCUT2D eigenvalue weighted by molar-refractivity contribution is -0.148. The van der Waals surface area contributed by atoms with Gasteiger partial charge in [0.15, 0.2) is 6.10 Å². The number of ether oxygens (including phenoxy) is 1. The summed E-state index contributed by atoms with van der Waals surface area (Å²) in [6.07, 6.45) is -0.644. The highest BCUT2D eigenvalue weighted by Crippen LogP contribution is 2.34. The van der Waals surface area contributed by atoms with Crippen LogP contribution < -0.4 is 0 Å². The summed E-state index contributed by atoms with van der Waals surface area (Å²) in [4.78, 5) is 13.7. The Kier molecular flexibility index (Phi) is 7.62. The zero-order chi connectivity index (χ0) is 23.4. The standard InChI is InChI=1S/C27H18Cl4O2/c28-21-9-1-17(2-10-21)25(18-3-11-22(29)12-4-18)27(32)33-26(19-5-13-23(30)14-6-19)20-7-15-24(31)16-8-20/h1-16,25-26H. The Bertz CT molecular complexity index is 1130. The lowest BCUT2D eigenvalue weighted by Gasteiger charge is -2.23. The van der Waals surface area contributed by atoms with Gasteiger partial charge in [0.25, 0.3) is 0 Å². The van der Waals surface area contributed by atoms with E-state index in [-0.39, 0.29) is 0 Å². The van der Waals surface area contributed by atoms with Crippen molar-refractivity contribution in [3.8, 4) is 0 Å². The van der Waals surface area contributed by atoms with Gasteiger partial charge >= 0.3 is 5.97 Å². The Morgan fingerprint density at radius 2 is 0.758 bits per heavy atom. The van der Waals surface area contributed by atoms with Gasteiger partial charge in [0, 0.05) is 20.1 Å². The molecule has 0 aliphatic carbocycles. The van der Waals surface area contributed by atoms with Crippen LogP contribution >= 0.6 is 46.4 Å². The zero-order valence-corrected chi connectivity index (χ0v) is 20.2. The van der Waals surface area contributed by atoms with Gasteiger partial charge in [0.2, 0.25) is 0 Å². The molecule has 0 radical (unpaired) electrons. The molecule has 0 amide bonds. The van der Waals surface area contributed by atoms with E-state index in [9.17, 15) is 4.79 Å². The second kappa shape index (κ2) is 10.6. The molecule has 0 saturated heterocycles. The van der Waals surface area contributed by atoms with Crippen LogP contribution in [0.1, 0.15) is 34.3 Å². The number of halogens is 4. The molecule has 0 N–H and O–H groups in total. The molecule has 0 saturated carbocycles. The molecule has 0 atom stereocenters. The van der Waals surface area contributed by atoms with Crippen LogP contribution in [0.5, 0.6) is 0 Å². The minimum Gasteiger partial charge on any atom is -0.452 e. The van der Waals surface area contributed by atoms with Gasteiger partial charge in [0.1, 0.15) is 5.92 Å². The summed E-state index contributed by atoms with van der Waals surface area (Å²) in [5.74, 6) is -1.07. The molecule has 2 nitrogen and oxygen atoms in total. The smallest absolute Gasteiger partial charge is 0.318 e. The average Bonchev–Trinajstić information content (AvgIpc) is 2.81. The fourth-order valence-electron chi connectivity index (χ4n) is 3.56. The van der Waals surface area contributed by atoms with Crippen molar-refractivity contribution in [1.29, 1.82) is 0 Å². The molecule has 0 fully saturated rings. The summed E-state index contributed by atoms with van der Waals surface area (Å²) in [6, 6.07) is 28.7. The van der Waals surface area contributed by atoms with Gasteiger partial charge in [-0.15, -0.1) is 0 Å². The minimum atomic E-state index is -0.665. The predicted molar refractivity (Wildman–Crippen MR) is 136 cm³/mol. The second-order valence-electron chi connectivity index (χ2n) is 7.46. The molecular formula is C27H18Cl4O2. The quantitative estimate of drug-likeness (QED) is 0.240. The highest BCUT2D eigenvalue weighted by atomic mass is 35.5. The first-order chi connectivity index (χ1) is 15.9. The lowest BCUT2D eigenvalue weighted by Crippen LogP contribution is -2.21. The van der Waals surface area contributed by atoms with Gasteiger partial charge in [0.05, 0.1) is 0 Å². The predicted octanol–water partition coefficient (Wildman–Crippen LogP) is 8.76. The van der Waals surface area contributed by atoms with E-state index >= 15 is 0 Å². The third-order valence-electron chi connectivity index (χ3n) is 5.22. The normalized spacial score (nSPS) is 11.1. The molecule has 4 rings (SSSR count). The van der Waals surface area contributed by atoms with Gasteiger partial charge in [-0.3, -0.25) is 4.79 Å². The van der Waals surface area contributed by atoms with Gasteiger partial charge in [-0.25, -0.2) is 0 Å². The first-order valence-electron chi connectivity index (χ1n) is 10.1. The molecule has 0 bridgehead atoms. The topological polar surface area (TPSA) is 26.3 Å². The molecule has 33 heavy (non-hydrogen) atoms. The average molecular weight is 516 g/mol. The summed E-state index contributed by atoms with van der Waals surface area (Å²) < 4.78 is 6.14. The second-order valence-corrected chi connectivity index (χ2v) is 9.20. The van der Waals surface area contributed by atoms with Gasteiger partial charge in [-0.2, -0.15) is 0 Å². The molecule has 0 aromatic heterocycles. The van der Waals surface area contributed by atoms with Crippen LogP contribution in [-0.2, 0) is 9.53 Å². The maximum atomic E-state index is 13.7. The van der Waals surface area contributed by atoms with Crippen molar-refractivity contribution < 1.29 is 9.53 Å². The van der Waals surface area contributed by atoms with Crippen molar-refractivity contribution in [2.24, 2.45) is 0 Å². The van der Waals surface area contributed by atoms with Crippen LogP contribution in [0.25, 0.3) is 0 Å². The maximum absolute atomic E-state index is 13.7. The Morgan fingerprint density at radius 1 is 0.485 bits per heavy atom. The van der Waals surface area contributed by atoms with E-state index in [1.807, 2.05) is 48.5 Å². The van der Waals surface area contributed by atoms with Crippen molar-refractivity contribution in [3.05, 3.63) is 139 Å². The number of hydrogen-bond donors (Lipinski definition) is 0. The monoisotopic (exact) mass is 514 g/mol. The van der Waals surface area contributed by atoms with E-state index in [2.05, 4.69) is 0 Å². The summed E-state index contributed by atoms with van der Waals surface area (Å²) in [5.41, 5.74) is 3.11. The zero-order valence-electron chi connectivity index (χ0n) is 17.2. The fourth-order valence-corrected chi connectivity index (χ4v) is 4.07. The van der Waals surface area contributed by atoms with Gasteiger partial charge < -0.3 is 4.74 Å². The molecule has 6 heteroatoms. The highest BCUT2D eigenvalue weighted by Gasteiger charge is 2.28. The Labute approximate surface area is 212 Å². The number of benzene rings is 4. The van der Waals surface area contributed by atoms with Crippen LogP contribution in [0.3, 0.4) is 0 Å². The van der Waals surface area contributed by atoms with E-state index in [4.69, 9.17) is 51.1 Å². The van der Waals surface area contributed by atoms with Crippen molar-refractivity contribution in [2.75, 3.05) is 0 Å². The molecule has 4 aromatic carbocycles. The molecule has 0 spiro atoms. The summed E-state index contributed by atoms with van der Waals surface area (Å²) >= 11 is 24.3. The van der Waals surface area contributed by atoms with E-state index in [1.54, 1.807) is 48.5 Å². The van der Waals surface area contributed by atoms with Gasteiger partial charge in [-0.05, 0) is 70.8 Å². The SMILES string of the molecule is O=C(OC(c1ccc(Cl)cc1)c1ccc(Cl)cc1)C(c1ccc(Cl)cc1)c1ccc(Cl)cc1. The van der Waals surface area contributed by atoms with E-state index in [1.165, 1.54) is 0 Å². The maximum Gasteiger partial charge on any atom is 0.318 e. The first kappa shape index (κ1) is 23.7. The molecule has 166 valence electrons. The van der Waals surface area contributed by atoms with E-state index in [0.717, 1.165) is 22.3 Å². The Balaban J connectivity index is 1.74. The van der Waals surface area contributed by atoms with Crippen LogP contribution in [0, 0.1) is 0 Å². The molecule has 0 unspecified atom stereocenters. The lowest BCUT2D eigenvalue weighted by atomic mass is 9.91. The van der Waals surface area contributed by atoms with Crippen molar-refractivity contribution >= 4 is 52.4 Å². The third kappa shape index (κ3) is 5.90. The summed E-state index contributed by atoms with van der Waals surface area (Å²) in [5, 5.41) is 2.37. The van der Waals surface area contributed by atoms with Crippen molar-refractivity contribution in [2.45, 2.75) is 12.0 Å². The first-order valence-corrected chi connectivity index (χ1v) is 11.6. The third-order valence-corrected chi connectivity index (χ3v) is 6.23. The van der Waals surface area contributed by atoms with E-state index < -0.39 is 18.0 Å². The fraction of sp³-hybridized carbons (Fsp3) is 0.0741. The van der Waals surface area contributed by atoms with Gasteiger partial charge in [-0.1, -0.05) is 94.9 Å². The number of carbonyl (C=O) groups is 1. The van der Waals surface area contributed by atoms with E-state index in [0.29, 0.717) is 20.1 Å². The van der Waals surface area contributed by atoms with Crippen molar-refractivity contribution in [3.63, 3.8) is 0 Å². The minimum absolute atomic E-state index is 0.408. The highest BCUT2D eigenvalue weighted by molar-refractivity contribution is 6.31. The Hall–Kier alpha value is -2.49. The van der Waals surface area contributed by atoms with Crippen LogP contribution in [0.4, 0.5) is 0 Å². The van der Waals surface area contributed by atoms with Crippen molar-refractivity contribution in [1.82, 2.24) is 0 Å². The van der Waals surface area contributed by atoms with Crippen LogP contribution in [0.2, 0.25) is 20.1 Å². The summed E-state index contributed by atoms with van der Waals surface area (Å²) in [7, 11) is 0. The molecule has 0 aliphatic heterocycles. The van der Waals surface area contributed by atoms with Crippen LogP contribution in [0.15, 0.2) is 97.1 Å². The number of carbonyl (C=O) groups excluding carboxylic acids is 1. The molecule has 4 aromatic rings.